The molecule has 2 aromatic rings. The quantitative estimate of drug-likeness (QED) is 0.694. The first-order valence-electron chi connectivity index (χ1n) is 6.26. The van der Waals surface area contributed by atoms with Crippen molar-refractivity contribution in [2.24, 2.45) is 0 Å². The molecular weight excluding hydrogens is 220 g/mol. The van der Waals surface area contributed by atoms with Crippen molar-refractivity contribution in [1.82, 2.24) is 0 Å². The van der Waals surface area contributed by atoms with E-state index in [0.29, 0.717) is 0 Å². The van der Waals surface area contributed by atoms with Crippen LogP contribution in [0.2, 0.25) is 0 Å². The summed E-state index contributed by atoms with van der Waals surface area (Å²) in [7, 11) is 0. The van der Waals surface area contributed by atoms with Crippen molar-refractivity contribution in [2.75, 3.05) is 0 Å². The Hall–Kier alpha value is -2.02. The molecular formula is C17H18O. The van der Waals surface area contributed by atoms with E-state index in [1.54, 1.807) is 0 Å². The van der Waals surface area contributed by atoms with E-state index < -0.39 is 0 Å². The first-order chi connectivity index (χ1) is 8.83. The lowest BCUT2D eigenvalue weighted by Gasteiger charge is -2.16. The standard InChI is InChI=1S/C17H18O/c1-3-14-10-12-16(13-11-14)18-17(4-2)15-8-6-5-7-9-15/h4-13,17H,2-3H2,1H3. The van der Waals surface area contributed by atoms with Gasteiger partial charge in [-0.05, 0) is 35.8 Å². The molecule has 0 radical (unpaired) electrons. The van der Waals surface area contributed by atoms with Gasteiger partial charge in [0, 0.05) is 0 Å². The van der Waals surface area contributed by atoms with E-state index in [4.69, 9.17) is 4.74 Å². The topological polar surface area (TPSA) is 9.23 Å². The molecule has 2 rings (SSSR count). The van der Waals surface area contributed by atoms with Gasteiger partial charge in [-0.15, -0.1) is 0 Å². The molecule has 1 atom stereocenters. The minimum absolute atomic E-state index is 0.0984. The van der Waals surface area contributed by atoms with E-state index in [2.05, 4.69) is 25.6 Å². The van der Waals surface area contributed by atoms with Gasteiger partial charge in [0.1, 0.15) is 11.9 Å². The van der Waals surface area contributed by atoms with Gasteiger partial charge >= 0.3 is 0 Å². The summed E-state index contributed by atoms with van der Waals surface area (Å²) in [6.45, 7) is 5.99. The summed E-state index contributed by atoms with van der Waals surface area (Å²) >= 11 is 0. The normalized spacial score (nSPS) is 11.8. The van der Waals surface area contributed by atoms with Gasteiger partial charge in [-0.3, -0.25) is 0 Å². The second-order valence-electron chi connectivity index (χ2n) is 4.18. The first kappa shape index (κ1) is 12.4. The zero-order valence-electron chi connectivity index (χ0n) is 10.7. The third-order valence-electron chi connectivity index (χ3n) is 2.94. The Bertz CT molecular complexity index is 485. The van der Waals surface area contributed by atoms with Crippen LogP contribution in [0, 0.1) is 0 Å². The fourth-order valence-electron chi connectivity index (χ4n) is 1.85. The third kappa shape index (κ3) is 3.01. The highest BCUT2D eigenvalue weighted by Crippen LogP contribution is 2.23. The van der Waals surface area contributed by atoms with E-state index in [-0.39, 0.29) is 6.10 Å². The van der Waals surface area contributed by atoms with Gasteiger partial charge in [-0.25, -0.2) is 0 Å². The van der Waals surface area contributed by atoms with Gasteiger partial charge in [-0.2, -0.15) is 0 Å². The maximum atomic E-state index is 5.93. The molecule has 0 spiro atoms. The van der Waals surface area contributed by atoms with Crippen molar-refractivity contribution in [1.29, 1.82) is 0 Å². The Morgan fingerprint density at radius 1 is 1.06 bits per heavy atom. The number of hydrogen-bond acceptors (Lipinski definition) is 1. The van der Waals surface area contributed by atoms with Crippen LogP contribution in [-0.4, -0.2) is 0 Å². The second-order valence-corrected chi connectivity index (χ2v) is 4.18. The fraction of sp³-hybridized carbons (Fsp3) is 0.176. The van der Waals surface area contributed by atoms with Crippen LogP contribution in [0.4, 0.5) is 0 Å². The highest BCUT2D eigenvalue weighted by Gasteiger charge is 2.08. The van der Waals surface area contributed by atoms with E-state index in [0.717, 1.165) is 17.7 Å². The van der Waals surface area contributed by atoms with Crippen LogP contribution in [-0.2, 0) is 6.42 Å². The highest BCUT2D eigenvalue weighted by atomic mass is 16.5. The molecule has 0 heterocycles. The van der Waals surface area contributed by atoms with Crippen LogP contribution >= 0.6 is 0 Å². The molecule has 0 aromatic heterocycles. The third-order valence-corrected chi connectivity index (χ3v) is 2.94. The summed E-state index contributed by atoms with van der Waals surface area (Å²) in [6, 6.07) is 18.3. The fourth-order valence-corrected chi connectivity index (χ4v) is 1.85. The summed E-state index contributed by atoms with van der Waals surface area (Å²) in [5, 5.41) is 0. The second kappa shape index (κ2) is 6.06. The molecule has 1 heteroatoms. The van der Waals surface area contributed by atoms with Crippen molar-refractivity contribution < 1.29 is 4.74 Å². The smallest absolute Gasteiger partial charge is 0.142 e. The largest absolute Gasteiger partial charge is 0.482 e. The number of rotatable bonds is 5. The lowest BCUT2D eigenvalue weighted by atomic mass is 10.1. The molecule has 0 aliphatic carbocycles. The first-order valence-corrected chi connectivity index (χ1v) is 6.26. The van der Waals surface area contributed by atoms with Gasteiger partial charge in [0.05, 0.1) is 0 Å². The lowest BCUT2D eigenvalue weighted by molar-refractivity contribution is 0.256. The predicted molar refractivity (Wildman–Crippen MR) is 75.8 cm³/mol. The SMILES string of the molecule is C=CC(Oc1ccc(CC)cc1)c1ccccc1. The molecule has 0 N–H and O–H groups in total. The van der Waals surface area contributed by atoms with Crippen LogP contribution in [0.3, 0.4) is 0 Å². The molecule has 2 aromatic carbocycles. The number of benzene rings is 2. The van der Waals surface area contributed by atoms with Gasteiger partial charge in [-0.1, -0.05) is 56.0 Å². The number of hydrogen-bond donors (Lipinski definition) is 0. The summed E-state index contributed by atoms with van der Waals surface area (Å²) in [6.07, 6.45) is 2.77. The van der Waals surface area contributed by atoms with Crippen molar-refractivity contribution in [2.45, 2.75) is 19.4 Å². The van der Waals surface area contributed by atoms with Crippen LogP contribution in [0.15, 0.2) is 67.3 Å². The molecule has 0 aliphatic heterocycles. The average Bonchev–Trinajstić information content (AvgIpc) is 2.46. The maximum absolute atomic E-state index is 5.93. The molecule has 0 saturated carbocycles. The average molecular weight is 238 g/mol. The van der Waals surface area contributed by atoms with Crippen LogP contribution in [0.25, 0.3) is 0 Å². The summed E-state index contributed by atoms with van der Waals surface area (Å²) in [5.41, 5.74) is 2.43. The molecule has 18 heavy (non-hydrogen) atoms. The van der Waals surface area contributed by atoms with Gasteiger partial charge < -0.3 is 4.74 Å². The van der Waals surface area contributed by atoms with E-state index in [9.17, 15) is 0 Å². The van der Waals surface area contributed by atoms with Crippen molar-refractivity contribution in [3.8, 4) is 5.75 Å². The van der Waals surface area contributed by atoms with Crippen LogP contribution < -0.4 is 4.74 Å². The highest BCUT2D eigenvalue weighted by molar-refractivity contribution is 5.29. The van der Waals surface area contributed by atoms with Gasteiger partial charge in [0.25, 0.3) is 0 Å². The monoisotopic (exact) mass is 238 g/mol. The Kier molecular flexibility index (Phi) is 4.19. The summed E-state index contributed by atoms with van der Waals surface area (Å²) in [4.78, 5) is 0. The molecule has 0 saturated heterocycles. The molecule has 0 fully saturated rings. The molecule has 0 bridgehead atoms. The van der Waals surface area contributed by atoms with Gasteiger partial charge in [0.2, 0.25) is 0 Å². The molecule has 92 valence electrons. The molecule has 1 unspecified atom stereocenters. The van der Waals surface area contributed by atoms with Crippen molar-refractivity contribution >= 4 is 0 Å². The minimum atomic E-state index is -0.0984. The molecule has 1 nitrogen and oxygen atoms in total. The van der Waals surface area contributed by atoms with Crippen LogP contribution in [0.1, 0.15) is 24.2 Å². The van der Waals surface area contributed by atoms with Crippen molar-refractivity contribution in [3.05, 3.63) is 78.4 Å². The zero-order chi connectivity index (χ0) is 12.8. The number of ether oxygens (including phenoxy) is 1. The minimum Gasteiger partial charge on any atom is -0.482 e. The lowest BCUT2D eigenvalue weighted by Crippen LogP contribution is -2.04. The predicted octanol–water partition coefficient (Wildman–Crippen LogP) is 4.56. The summed E-state index contributed by atoms with van der Waals surface area (Å²) < 4.78 is 5.93. The Morgan fingerprint density at radius 2 is 1.72 bits per heavy atom. The Labute approximate surface area is 109 Å². The van der Waals surface area contributed by atoms with E-state index >= 15 is 0 Å². The van der Waals surface area contributed by atoms with Crippen LogP contribution in [0.5, 0.6) is 5.75 Å². The van der Waals surface area contributed by atoms with Gasteiger partial charge in [0.15, 0.2) is 0 Å². The Morgan fingerprint density at radius 3 is 2.28 bits per heavy atom. The van der Waals surface area contributed by atoms with E-state index in [1.165, 1.54) is 5.56 Å². The maximum Gasteiger partial charge on any atom is 0.142 e. The zero-order valence-corrected chi connectivity index (χ0v) is 10.7. The van der Waals surface area contributed by atoms with Crippen molar-refractivity contribution in [3.63, 3.8) is 0 Å². The summed E-state index contributed by atoms with van der Waals surface area (Å²) in [5.74, 6) is 0.876. The Balaban J connectivity index is 2.13. The molecule has 0 amide bonds. The molecule has 0 aliphatic rings. The van der Waals surface area contributed by atoms with E-state index in [1.807, 2.05) is 48.5 Å². The number of aryl methyl sites for hydroxylation is 1.